The maximum absolute atomic E-state index is 11.9. The Bertz CT molecular complexity index is 657. The quantitative estimate of drug-likeness (QED) is 0.800. The van der Waals surface area contributed by atoms with Crippen molar-refractivity contribution in [3.05, 3.63) is 57.8 Å². The van der Waals surface area contributed by atoms with E-state index in [4.69, 9.17) is 4.74 Å². The molecule has 3 rings (SSSR count). The fraction of sp³-hybridized carbons (Fsp3) is 0.421. The second kappa shape index (κ2) is 8.42. The van der Waals surface area contributed by atoms with Crippen molar-refractivity contribution < 1.29 is 14.4 Å². The predicted octanol–water partition coefficient (Wildman–Crippen LogP) is 1.58. The smallest absolute Gasteiger partial charge is 0.246 e. The molecule has 2 N–H and O–H groups in total. The average molecular weight is 345 g/mol. The second-order valence-corrected chi connectivity index (χ2v) is 7.09. The number of ether oxygens (including phenoxy) is 1. The average Bonchev–Trinajstić information content (AvgIpc) is 3.14. The van der Waals surface area contributed by atoms with Crippen LogP contribution in [0.5, 0.6) is 0 Å². The van der Waals surface area contributed by atoms with Crippen LogP contribution in [0.4, 0.5) is 0 Å². The van der Waals surface area contributed by atoms with Crippen molar-refractivity contribution in [3.8, 4) is 0 Å². The van der Waals surface area contributed by atoms with Gasteiger partial charge >= 0.3 is 0 Å². The van der Waals surface area contributed by atoms with Gasteiger partial charge in [-0.2, -0.15) is 0 Å². The van der Waals surface area contributed by atoms with E-state index in [0.717, 1.165) is 19.5 Å². The SMILES string of the molecule is CCOCC(=O)NC[C@H](c1cccs1)[NH+]1CCc2ccccc2C1. The summed E-state index contributed by atoms with van der Waals surface area (Å²) >= 11 is 1.77. The lowest BCUT2D eigenvalue weighted by Crippen LogP contribution is -3.12. The zero-order chi connectivity index (χ0) is 16.8. The van der Waals surface area contributed by atoms with Crippen LogP contribution < -0.4 is 10.2 Å². The highest BCUT2D eigenvalue weighted by atomic mass is 32.1. The third-order valence-corrected chi connectivity index (χ3v) is 5.56. The number of rotatable bonds is 7. The molecule has 1 aromatic heterocycles. The number of thiophene rings is 1. The third kappa shape index (κ3) is 4.23. The van der Waals surface area contributed by atoms with Crippen molar-refractivity contribution in [1.82, 2.24) is 5.32 Å². The van der Waals surface area contributed by atoms with E-state index in [1.807, 2.05) is 6.92 Å². The molecular weight excluding hydrogens is 320 g/mol. The maximum Gasteiger partial charge on any atom is 0.246 e. The number of hydrogen-bond acceptors (Lipinski definition) is 3. The van der Waals surface area contributed by atoms with Crippen molar-refractivity contribution in [3.63, 3.8) is 0 Å². The Hall–Kier alpha value is -1.69. The lowest BCUT2D eigenvalue weighted by Gasteiger charge is -2.32. The lowest BCUT2D eigenvalue weighted by molar-refractivity contribution is -0.945. The molecule has 0 fully saturated rings. The summed E-state index contributed by atoms with van der Waals surface area (Å²) in [6, 6.07) is 13.3. The Morgan fingerprint density at radius 1 is 1.29 bits per heavy atom. The highest BCUT2D eigenvalue weighted by molar-refractivity contribution is 7.10. The maximum atomic E-state index is 11.9. The Balaban J connectivity index is 1.68. The summed E-state index contributed by atoms with van der Waals surface area (Å²) in [5, 5.41) is 5.16. The minimum atomic E-state index is -0.0322. The topological polar surface area (TPSA) is 42.8 Å². The fourth-order valence-corrected chi connectivity index (χ4v) is 4.18. The van der Waals surface area contributed by atoms with Gasteiger partial charge in [-0.1, -0.05) is 30.3 Å². The van der Waals surface area contributed by atoms with Crippen LogP contribution in [0.3, 0.4) is 0 Å². The van der Waals surface area contributed by atoms with Crippen molar-refractivity contribution >= 4 is 17.2 Å². The molecule has 0 spiro atoms. The first-order valence-electron chi connectivity index (χ1n) is 8.57. The van der Waals surface area contributed by atoms with Crippen molar-refractivity contribution in [1.29, 1.82) is 0 Å². The molecule has 4 nitrogen and oxygen atoms in total. The molecule has 1 aromatic carbocycles. The summed E-state index contributed by atoms with van der Waals surface area (Å²) in [6.45, 7) is 5.38. The van der Waals surface area contributed by atoms with Gasteiger partial charge in [0.15, 0.2) is 0 Å². The minimum Gasteiger partial charge on any atom is -0.372 e. The monoisotopic (exact) mass is 345 g/mol. The highest BCUT2D eigenvalue weighted by Crippen LogP contribution is 2.18. The van der Waals surface area contributed by atoms with E-state index in [1.54, 1.807) is 11.3 Å². The Labute approximate surface area is 147 Å². The standard InChI is InChI=1S/C19H24N2O2S/c1-2-23-14-19(22)20-12-17(18-8-5-11-24-18)21-10-9-15-6-3-4-7-16(15)13-21/h3-8,11,17H,2,9-10,12-14H2,1H3,(H,20,22)/p+1/t17-/m1/s1. The number of quaternary nitrogens is 1. The summed E-state index contributed by atoms with van der Waals surface area (Å²) in [6.07, 6.45) is 1.10. The van der Waals surface area contributed by atoms with E-state index in [9.17, 15) is 4.79 Å². The summed E-state index contributed by atoms with van der Waals surface area (Å²) in [4.78, 5) is 14.8. The molecule has 0 saturated heterocycles. The van der Waals surface area contributed by atoms with Crippen LogP contribution in [0, 0.1) is 0 Å². The number of fused-ring (bicyclic) bond motifs is 1. The minimum absolute atomic E-state index is 0.0322. The van der Waals surface area contributed by atoms with Gasteiger partial charge in [-0.15, -0.1) is 11.3 Å². The van der Waals surface area contributed by atoms with E-state index in [1.165, 1.54) is 20.9 Å². The molecule has 2 aromatic rings. The molecule has 2 atom stereocenters. The number of carbonyl (C=O) groups excluding carboxylic acids is 1. The number of benzene rings is 1. The van der Waals surface area contributed by atoms with E-state index in [2.05, 4.69) is 47.1 Å². The van der Waals surface area contributed by atoms with Crippen LogP contribution in [0.25, 0.3) is 0 Å². The van der Waals surface area contributed by atoms with Crippen LogP contribution in [-0.4, -0.2) is 32.2 Å². The van der Waals surface area contributed by atoms with E-state index in [-0.39, 0.29) is 12.5 Å². The number of amides is 1. The first kappa shape index (κ1) is 17.1. The molecule has 128 valence electrons. The summed E-state index contributed by atoms with van der Waals surface area (Å²) in [7, 11) is 0. The summed E-state index contributed by atoms with van der Waals surface area (Å²) in [5.41, 5.74) is 2.90. The molecule has 0 bridgehead atoms. The summed E-state index contributed by atoms with van der Waals surface area (Å²) in [5.74, 6) is -0.0322. The predicted molar refractivity (Wildman–Crippen MR) is 96.2 cm³/mol. The van der Waals surface area contributed by atoms with Crippen LogP contribution in [-0.2, 0) is 22.5 Å². The number of hydrogen-bond donors (Lipinski definition) is 2. The van der Waals surface area contributed by atoms with Crippen molar-refractivity contribution in [2.75, 3.05) is 26.3 Å². The van der Waals surface area contributed by atoms with Gasteiger partial charge in [0.05, 0.1) is 18.0 Å². The second-order valence-electron chi connectivity index (χ2n) is 6.11. The van der Waals surface area contributed by atoms with Gasteiger partial charge in [0.2, 0.25) is 5.91 Å². The molecule has 0 radical (unpaired) electrons. The number of nitrogens with one attached hydrogen (secondary N) is 2. The Kier molecular flexibility index (Phi) is 6.01. The van der Waals surface area contributed by atoms with E-state index >= 15 is 0 Å². The molecule has 0 saturated carbocycles. The Morgan fingerprint density at radius 3 is 2.88 bits per heavy atom. The van der Waals surface area contributed by atoms with Gasteiger partial charge in [-0.3, -0.25) is 4.79 Å². The lowest BCUT2D eigenvalue weighted by atomic mass is 9.98. The van der Waals surface area contributed by atoms with Crippen molar-refractivity contribution in [2.24, 2.45) is 0 Å². The third-order valence-electron chi connectivity index (χ3n) is 4.57. The van der Waals surface area contributed by atoms with Crippen LogP contribution in [0.15, 0.2) is 41.8 Å². The molecule has 1 amide bonds. The van der Waals surface area contributed by atoms with Gasteiger partial charge in [0, 0.05) is 18.6 Å². The van der Waals surface area contributed by atoms with Gasteiger partial charge < -0.3 is 15.0 Å². The zero-order valence-corrected chi connectivity index (χ0v) is 14.9. The van der Waals surface area contributed by atoms with Crippen LogP contribution in [0.1, 0.15) is 29.0 Å². The molecule has 1 unspecified atom stereocenters. The van der Waals surface area contributed by atoms with Crippen molar-refractivity contribution in [2.45, 2.75) is 25.9 Å². The van der Waals surface area contributed by atoms with Gasteiger partial charge in [0.1, 0.15) is 19.2 Å². The first-order chi connectivity index (χ1) is 11.8. The largest absolute Gasteiger partial charge is 0.372 e. The summed E-state index contributed by atoms with van der Waals surface area (Å²) < 4.78 is 5.19. The van der Waals surface area contributed by atoms with Crippen LogP contribution >= 0.6 is 11.3 Å². The molecule has 1 aliphatic heterocycles. The highest BCUT2D eigenvalue weighted by Gasteiger charge is 2.29. The molecule has 1 aliphatic rings. The fourth-order valence-electron chi connectivity index (χ4n) is 3.30. The molecular formula is C19H25N2O2S+. The van der Waals surface area contributed by atoms with Gasteiger partial charge in [-0.05, 0) is 23.9 Å². The molecule has 5 heteroatoms. The Morgan fingerprint density at radius 2 is 2.12 bits per heavy atom. The van der Waals surface area contributed by atoms with E-state index in [0.29, 0.717) is 19.2 Å². The first-order valence-corrected chi connectivity index (χ1v) is 9.45. The zero-order valence-electron chi connectivity index (χ0n) is 14.1. The van der Waals surface area contributed by atoms with Gasteiger partial charge in [-0.25, -0.2) is 0 Å². The molecule has 0 aliphatic carbocycles. The van der Waals surface area contributed by atoms with E-state index < -0.39 is 0 Å². The number of carbonyl (C=O) groups is 1. The van der Waals surface area contributed by atoms with Gasteiger partial charge in [0.25, 0.3) is 0 Å². The normalized spacial score (nSPS) is 18.0. The molecule has 24 heavy (non-hydrogen) atoms. The molecule has 2 heterocycles. The van der Waals surface area contributed by atoms with Crippen LogP contribution in [0.2, 0.25) is 0 Å².